The molecule has 0 aliphatic rings. The van der Waals surface area contributed by atoms with Crippen LogP contribution in [-0.2, 0) is 14.8 Å². The molecule has 6 nitrogen and oxygen atoms in total. The zero-order valence-corrected chi connectivity index (χ0v) is 11.1. The minimum atomic E-state index is -3.74. The number of primary amides is 1. The summed E-state index contributed by atoms with van der Waals surface area (Å²) in [6.07, 6.45) is 0. The molecule has 0 aromatic heterocycles. The molecule has 3 N–H and O–H groups in total. The summed E-state index contributed by atoms with van der Waals surface area (Å²) in [4.78, 5) is 10.8. The number of aliphatic hydroxyl groups excluding tert-OH is 1. The molecule has 102 valence electrons. The minimum absolute atomic E-state index is 0.0470. The largest absolute Gasteiger partial charge is 0.384 e. The number of hydrogen-bond acceptors (Lipinski definition) is 4. The van der Waals surface area contributed by atoms with Crippen LogP contribution in [0.2, 0.25) is 0 Å². The summed E-state index contributed by atoms with van der Waals surface area (Å²) in [5.74, 6) is 4.38. The molecule has 0 fully saturated rings. The fourth-order valence-electron chi connectivity index (χ4n) is 1.34. The van der Waals surface area contributed by atoms with Crippen LogP contribution in [0.4, 0.5) is 0 Å². The standard InChI is InChI=1S/C12H14N2O4S/c1-14(9-12(13)16)19(17,18)11-6-4-10(5-7-11)3-2-8-15/h4-7,15H,8-9H2,1H3,(H2,13,16). The third-order valence-electron chi connectivity index (χ3n) is 2.25. The molecule has 1 amide bonds. The van der Waals surface area contributed by atoms with Gasteiger partial charge in [0.05, 0.1) is 11.4 Å². The highest BCUT2D eigenvalue weighted by atomic mass is 32.2. The lowest BCUT2D eigenvalue weighted by Gasteiger charge is -2.15. The lowest BCUT2D eigenvalue weighted by atomic mass is 10.2. The highest BCUT2D eigenvalue weighted by Gasteiger charge is 2.21. The second-order valence-electron chi connectivity index (χ2n) is 3.71. The average molecular weight is 282 g/mol. The Bertz CT molecular complexity index is 611. The van der Waals surface area contributed by atoms with E-state index in [0.717, 1.165) is 4.31 Å². The summed E-state index contributed by atoms with van der Waals surface area (Å²) in [7, 11) is -2.46. The molecular formula is C12H14N2O4S. The molecule has 0 spiro atoms. The van der Waals surface area contributed by atoms with Gasteiger partial charge in [-0.1, -0.05) is 11.8 Å². The fourth-order valence-corrected chi connectivity index (χ4v) is 2.47. The van der Waals surface area contributed by atoms with Crippen LogP contribution in [0.5, 0.6) is 0 Å². The topological polar surface area (TPSA) is 101 Å². The van der Waals surface area contributed by atoms with Gasteiger partial charge in [-0.3, -0.25) is 4.79 Å². The van der Waals surface area contributed by atoms with Crippen molar-refractivity contribution in [3.05, 3.63) is 29.8 Å². The average Bonchev–Trinajstić information content (AvgIpc) is 2.36. The van der Waals surface area contributed by atoms with Gasteiger partial charge in [-0.2, -0.15) is 4.31 Å². The van der Waals surface area contributed by atoms with Crippen molar-refractivity contribution in [1.82, 2.24) is 4.31 Å². The van der Waals surface area contributed by atoms with Crippen LogP contribution in [-0.4, -0.2) is 43.9 Å². The Hall–Kier alpha value is -1.88. The lowest BCUT2D eigenvalue weighted by Crippen LogP contribution is -2.35. The number of rotatable bonds is 4. The van der Waals surface area contributed by atoms with Gasteiger partial charge >= 0.3 is 0 Å². The summed E-state index contributed by atoms with van der Waals surface area (Å²) >= 11 is 0. The van der Waals surface area contributed by atoms with E-state index in [-0.39, 0.29) is 18.0 Å². The monoisotopic (exact) mass is 282 g/mol. The molecule has 0 atom stereocenters. The van der Waals surface area contributed by atoms with Gasteiger partial charge in [-0.05, 0) is 24.3 Å². The SMILES string of the molecule is CN(CC(N)=O)S(=O)(=O)c1ccc(C#CCO)cc1. The second-order valence-corrected chi connectivity index (χ2v) is 5.76. The van der Waals surface area contributed by atoms with Gasteiger partial charge in [-0.25, -0.2) is 8.42 Å². The summed E-state index contributed by atoms with van der Waals surface area (Å²) < 4.78 is 24.9. The predicted molar refractivity (Wildman–Crippen MR) is 69.4 cm³/mol. The zero-order chi connectivity index (χ0) is 14.5. The van der Waals surface area contributed by atoms with Crippen molar-refractivity contribution >= 4 is 15.9 Å². The molecule has 19 heavy (non-hydrogen) atoms. The van der Waals surface area contributed by atoms with Crippen LogP contribution in [0.3, 0.4) is 0 Å². The molecule has 0 saturated heterocycles. The van der Waals surface area contributed by atoms with E-state index in [0.29, 0.717) is 5.56 Å². The quantitative estimate of drug-likeness (QED) is 0.701. The van der Waals surface area contributed by atoms with Crippen LogP contribution in [0, 0.1) is 11.8 Å². The Labute approximate surface area is 111 Å². The van der Waals surface area contributed by atoms with E-state index in [1.165, 1.54) is 31.3 Å². The maximum atomic E-state index is 12.0. The van der Waals surface area contributed by atoms with Gasteiger partial charge in [0.1, 0.15) is 6.61 Å². The third kappa shape index (κ3) is 4.06. The van der Waals surface area contributed by atoms with Crippen molar-refractivity contribution in [3.63, 3.8) is 0 Å². The highest BCUT2D eigenvalue weighted by molar-refractivity contribution is 7.89. The number of sulfonamides is 1. The number of nitrogens with two attached hydrogens (primary N) is 1. The number of benzene rings is 1. The van der Waals surface area contributed by atoms with Crippen LogP contribution in [0.1, 0.15) is 5.56 Å². The first-order valence-corrected chi connectivity index (χ1v) is 6.76. The van der Waals surface area contributed by atoms with E-state index in [1.807, 2.05) is 0 Å². The Balaban J connectivity index is 2.99. The number of aliphatic hydroxyl groups is 1. The lowest BCUT2D eigenvalue weighted by molar-refractivity contribution is -0.118. The molecule has 0 unspecified atom stereocenters. The molecule has 1 aromatic carbocycles. The van der Waals surface area contributed by atoms with Crippen molar-refractivity contribution in [1.29, 1.82) is 0 Å². The zero-order valence-electron chi connectivity index (χ0n) is 10.3. The van der Waals surface area contributed by atoms with Gasteiger partial charge in [-0.15, -0.1) is 0 Å². The summed E-state index contributed by atoms with van der Waals surface area (Å²) in [5, 5.41) is 8.55. The summed E-state index contributed by atoms with van der Waals surface area (Å²) in [6.45, 7) is -0.643. The maximum Gasteiger partial charge on any atom is 0.243 e. The Morgan fingerprint density at radius 1 is 1.37 bits per heavy atom. The molecule has 7 heteroatoms. The summed E-state index contributed by atoms with van der Waals surface area (Å²) in [5.41, 5.74) is 5.55. The number of amides is 1. The Kier molecular flexibility index (Phi) is 5.06. The van der Waals surface area contributed by atoms with Crippen molar-refractivity contribution in [2.45, 2.75) is 4.90 Å². The van der Waals surface area contributed by atoms with Gasteiger partial charge in [0.2, 0.25) is 15.9 Å². The van der Waals surface area contributed by atoms with E-state index >= 15 is 0 Å². The molecule has 0 radical (unpaired) electrons. The number of likely N-dealkylation sites (N-methyl/N-ethyl adjacent to an activating group) is 1. The van der Waals surface area contributed by atoms with Crippen LogP contribution >= 0.6 is 0 Å². The van der Waals surface area contributed by atoms with E-state index in [9.17, 15) is 13.2 Å². The normalized spacial score (nSPS) is 10.9. The van der Waals surface area contributed by atoms with Gasteiger partial charge in [0.15, 0.2) is 0 Å². The molecule has 0 saturated carbocycles. The minimum Gasteiger partial charge on any atom is -0.384 e. The molecule has 1 aromatic rings. The molecule has 0 aliphatic carbocycles. The molecule has 0 aliphatic heterocycles. The number of carbonyl (C=O) groups excluding carboxylic acids is 1. The van der Waals surface area contributed by atoms with E-state index in [1.54, 1.807) is 0 Å². The first-order valence-electron chi connectivity index (χ1n) is 5.32. The first kappa shape index (κ1) is 15.2. The van der Waals surface area contributed by atoms with Crippen LogP contribution < -0.4 is 5.73 Å². The smallest absolute Gasteiger partial charge is 0.243 e. The van der Waals surface area contributed by atoms with Crippen molar-refractivity contribution in [2.24, 2.45) is 5.73 Å². The third-order valence-corrected chi connectivity index (χ3v) is 4.07. The van der Waals surface area contributed by atoms with Crippen molar-refractivity contribution in [3.8, 4) is 11.8 Å². The van der Waals surface area contributed by atoms with Crippen LogP contribution in [0.15, 0.2) is 29.2 Å². The number of hydrogen-bond donors (Lipinski definition) is 2. The molecular weight excluding hydrogens is 268 g/mol. The number of carbonyl (C=O) groups is 1. The Morgan fingerprint density at radius 3 is 2.42 bits per heavy atom. The van der Waals surface area contributed by atoms with Crippen molar-refractivity contribution in [2.75, 3.05) is 20.2 Å². The van der Waals surface area contributed by atoms with Crippen molar-refractivity contribution < 1.29 is 18.3 Å². The fraction of sp³-hybridized carbons (Fsp3) is 0.250. The summed E-state index contributed by atoms with van der Waals surface area (Å²) in [6, 6.07) is 5.81. The molecule has 0 heterocycles. The van der Waals surface area contributed by atoms with Gasteiger partial charge < -0.3 is 10.8 Å². The second kappa shape index (κ2) is 6.33. The molecule has 1 rings (SSSR count). The molecule has 0 bridgehead atoms. The first-order chi connectivity index (χ1) is 8.87. The van der Waals surface area contributed by atoms with Gasteiger partial charge in [0, 0.05) is 12.6 Å². The Morgan fingerprint density at radius 2 is 1.95 bits per heavy atom. The van der Waals surface area contributed by atoms with E-state index in [4.69, 9.17) is 10.8 Å². The van der Waals surface area contributed by atoms with E-state index in [2.05, 4.69) is 11.8 Å². The number of nitrogens with zero attached hydrogens (tertiary/aromatic N) is 1. The highest BCUT2D eigenvalue weighted by Crippen LogP contribution is 2.14. The maximum absolute atomic E-state index is 12.0. The van der Waals surface area contributed by atoms with E-state index < -0.39 is 15.9 Å². The van der Waals surface area contributed by atoms with Gasteiger partial charge in [0.25, 0.3) is 0 Å². The predicted octanol–water partition coefficient (Wildman–Crippen LogP) is -0.864. The van der Waals surface area contributed by atoms with Crippen LogP contribution in [0.25, 0.3) is 0 Å².